The number of nitrogens with two attached hydrogens (primary N) is 1. The van der Waals surface area contributed by atoms with E-state index in [2.05, 4.69) is 5.32 Å². The van der Waals surface area contributed by atoms with Crippen LogP contribution in [-0.4, -0.2) is 50.3 Å². The van der Waals surface area contributed by atoms with Crippen molar-refractivity contribution in [3.63, 3.8) is 0 Å². The predicted octanol–water partition coefficient (Wildman–Crippen LogP) is 1.58. The first-order chi connectivity index (χ1) is 11.5. The number of amides is 3. The standard InChI is InChI=1S/C16H22FN3O4/c1-23-7-8-24-14-5-4-12(9-13(14)17)19-16(22)20-6-2-3-11(10-20)15(18)21/h4-5,9,11H,2-3,6-8,10H2,1H3,(H2,18,21)(H,19,22)/t11-/m1/s1. The number of anilines is 1. The molecule has 0 spiro atoms. The number of hydrogen-bond donors (Lipinski definition) is 2. The third-order valence-electron chi connectivity index (χ3n) is 3.84. The van der Waals surface area contributed by atoms with Crippen LogP contribution in [0, 0.1) is 11.7 Å². The highest BCUT2D eigenvalue weighted by atomic mass is 19.1. The fourth-order valence-corrected chi connectivity index (χ4v) is 2.53. The number of likely N-dealkylation sites (tertiary alicyclic amines) is 1. The zero-order valence-electron chi connectivity index (χ0n) is 13.6. The molecule has 0 bridgehead atoms. The molecule has 1 aliphatic rings. The molecule has 0 unspecified atom stereocenters. The highest BCUT2D eigenvalue weighted by Crippen LogP contribution is 2.22. The number of piperidine rings is 1. The van der Waals surface area contributed by atoms with Crippen LogP contribution in [0.1, 0.15) is 12.8 Å². The van der Waals surface area contributed by atoms with Gasteiger partial charge >= 0.3 is 6.03 Å². The van der Waals surface area contributed by atoms with Gasteiger partial charge in [-0.05, 0) is 25.0 Å². The summed E-state index contributed by atoms with van der Waals surface area (Å²) in [7, 11) is 1.53. The van der Waals surface area contributed by atoms with Crippen LogP contribution in [-0.2, 0) is 9.53 Å². The molecule has 0 aliphatic carbocycles. The molecule has 1 aromatic carbocycles. The lowest BCUT2D eigenvalue weighted by Gasteiger charge is -2.31. The predicted molar refractivity (Wildman–Crippen MR) is 86.3 cm³/mol. The van der Waals surface area contributed by atoms with E-state index in [0.717, 1.165) is 0 Å². The topological polar surface area (TPSA) is 93.9 Å². The van der Waals surface area contributed by atoms with Gasteiger partial charge in [0.2, 0.25) is 5.91 Å². The molecule has 0 radical (unpaired) electrons. The van der Waals surface area contributed by atoms with Crippen molar-refractivity contribution in [3.05, 3.63) is 24.0 Å². The quantitative estimate of drug-likeness (QED) is 0.770. The maximum absolute atomic E-state index is 13.9. The van der Waals surface area contributed by atoms with E-state index < -0.39 is 11.7 Å². The second kappa shape index (κ2) is 8.49. The van der Waals surface area contributed by atoms with Gasteiger partial charge in [-0.25, -0.2) is 9.18 Å². The first kappa shape index (κ1) is 18.0. The van der Waals surface area contributed by atoms with Gasteiger partial charge in [-0.3, -0.25) is 4.79 Å². The van der Waals surface area contributed by atoms with Gasteiger partial charge in [-0.1, -0.05) is 0 Å². The molecule has 3 N–H and O–H groups in total. The molecule has 2 rings (SSSR count). The van der Waals surface area contributed by atoms with E-state index in [4.69, 9.17) is 15.2 Å². The van der Waals surface area contributed by atoms with Crippen molar-refractivity contribution < 1.29 is 23.5 Å². The normalized spacial score (nSPS) is 17.4. The third kappa shape index (κ3) is 4.82. The number of nitrogens with one attached hydrogen (secondary N) is 1. The summed E-state index contributed by atoms with van der Waals surface area (Å²) in [5, 5.41) is 2.62. The fourth-order valence-electron chi connectivity index (χ4n) is 2.53. The van der Waals surface area contributed by atoms with Gasteiger partial charge in [0.05, 0.1) is 12.5 Å². The molecule has 24 heavy (non-hydrogen) atoms. The number of rotatable bonds is 6. The highest BCUT2D eigenvalue weighted by molar-refractivity contribution is 5.90. The van der Waals surface area contributed by atoms with Crippen molar-refractivity contribution in [3.8, 4) is 5.75 Å². The number of urea groups is 1. The lowest BCUT2D eigenvalue weighted by molar-refractivity contribution is -0.123. The monoisotopic (exact) mass is 339 g/mol. The Morgan fingerprint density at radius 2 is 2.21 bits per heavy atom. The second-order valence-corrected chi connectivity index (χ2v) is 5.60. The summed E-state index contributed by atoms with van der Waals surface area (Å²) in [5.41, 5.74) is 5.62. The Bertz CT molecular complexity index is 597. The number of halogens is 1. The van der Waals surface area contributed by atoms with Crippen molar-refractivity contribution in [2.24, 2.45) is 11.7 Å². The Morgan fingerprint density at radius 3 is 2.88 bits per heavy atom. The summed E-state index contributed by atoms with van der Waals surface area (Å²) in [6.07, 6.45) is 1.39. The number of carbonyl (C=O) groups is 2. The van der Waals surface area contributed by atoms with Crippen LogP contribution in [0.2, 0.25) is 0 Å². The number of hydrogen-bond acceptors (Lipinski definition) is 4. The van der Waals surface area contributed by atoms with Crippen molar-refractivity contribution in [1.29, 1.82) is 0 Å². The van der Waals surface area contributed by atoms with Crippen LogP contribution in [0.3, 0.4) is 0 Å². The molecule has 8 heteroatoms. The maximum atomic E-state index is 13.9. The van der Waals surface area contributed by atoms with Gasteiger partial charge in [-0.2, -0.15) is 0 Å². The molecular weight excluding hydrogens is 317 g/mol. The van der Waals surface area contributed by atoms with E-state index in [0.29, 0.717) is 31.7 Å². The molecule has 1 fully saturated rings. The molecule has 3 amide bonds. The summed E-state index contributed by atoms with van der Waals surface area (Å²) in [6.45, 7) is 1.41. The molecule has 1 atom stereocenters. The molecule has 1 aliphatic heterocycles. The van der Waals surface area contributed by atoms with Crippen molar-refractivity contribution in [2.45, 2.75) is 12.8 Å². The molecule has 0 saturated carbocycles. The average Bonchev–Trinajstić information content (AvgIpc) is 2.57. The number of nitrogens with zero attached hydrogens (tertiary/aromatic N) is 1. The molecule has 7 nitrogen and oxygen atoms in total. The first-order valence-corrected chi connectivity index (χ1v) is 7.77. The van der Waals surface area contributed by atoms with E-state index in [1.807, 2.05) is 0 Å². The summed E-state index contributed by atoms with van der Waals surface area (Å²) in [5.74, 6) is -1.22. The maximum Gasteiger partial charge on any atom is 0.321 e. The van der Waals surface area contributed by atoms with Gasteiger partial charge in [0.15, 0.2) is 11.6 Å². The number of primary amides is 1. The Hall–Kier alpha value is -2.35. The van der Waals surface area contributed by atoms with Crippen LogP contribution < -0.4 is 15.8 Å². The molecular formula is C16H22FN3O4. The number of benzene rings is 1. The number of methoxy groups -OCH3 is 1. The van der Waals surface area contributed by atoms with Gasteiger partial charge in [0.1, 0.15) is 6.61 Å². The number of ether oxygens (including phenoxy) is 2. The first-order valence-electron chi connectivity index (χ1n) is 7.77. The molecule has 1 saturated heterocycles. The Morgan fingerprint density at radius 1 is 1.42 bits per heavy atom. The minimum Gasteiger partial charge on any atom is -0.488 e. The van der Waals surface area contributed by atoms with Crippen LogP contribution in [0.5, 0.6) is 5.75 Å². The van der Waals surface area contributed by atoms with Crippen LogP contribution >= 0.6 is 0 Å². The summed E-state index contributed by atoms with van der Waals surface area (Å²) < 4.78 is 24.0. The lowest BCUT2D eigenvalue weighted by Crippen LogP contribution is -2.45. The minimum absolute atomic E-state index is 0.0943. The number of carbonyl (C=O) groups excluding carboxylic acids is 2. The summed E-state index contributed by atoms with van der Waals surface area (Å²) in [6, 6.07) is 3.81. The van der Waals surface area contributed by atoms with Crippen molar-refractivity contribution in [2.75, 3.05) is 38.7 Å². The van der Waals surface area contributed by atoms with Gasteiger partial charge in [-0.15, -0.1) is 0 Å². The molecule has 1 heterocycles. The highest BCUT2D eigenvalue weighted by Gasteiger charge is 2.27. The molecule has 0 aromatic heterocycles. The largest absolute Gasteiger partial charge is 0.488 e. The smallest absolute Gasteiger partial charge is 0.321 e. The third-order valence-corrected chi connectivity index (χ3v) is 3.84. The lowest BCUT2D eigenvalue weighted by atomic mass is 9.98. The van der Waals surface area contributed by atoms with Crippen molar-refractivity contribution >= 4 is 17.6 Å². The molecule has 1 aromatic rings. The SMILES string of the molecule is COCCOc1ccc(NC(=O)N2CCC[C@@H](C(N)=O)C2)cc1F. The summed E-state index contributed by atoms with van der Waals surface area (Å²) >= 11 is 0. The van der Waals surface area contributed by atoms with E-state index >= 15 is 0 Å². The van der Waals surface area contributed by atoms with E-state index in [9.17, 15) is 14.0 Å². The van der Waals surface area contributed by atoms with Gasteiger partial charge in [0, 0.05) is 32.0 Å². The van der Waals surface area contributed by atoms with Crippen LogP contribution in [0.25, 0.3) is 0 Å². The van der Waals surface area contributed by atoms with Crippen LogP contribution in [0.15, 0.2) is 18.2 Å². The summed E-state index contributed by atoms with van der Waals surface area (Å²) in [4.78, 5) is 25.0. The molecule has 132 valence electrons. The van der Waals surface area contributed by atoms with E-state index in [1.165, 1.54) is 24.1 Å². The Labute approximate surface area is 139 Å². The average molecular weight is 339 g/mol. The van der Waals surface area contributed by atoms with Gasteiger partial charge < -0.3 is 25.4 Å². The van der Waals surface area contributed by atoms with Gasteiger partial charge in [0.25, 0.3) is 0 Å². The Balaban J connectivity index is 1.94. The minimum atomic E-state index is -0.572. The van der Waals surface area contributed by atoms with Crippen molar-refractivity contribution in [1.82, 2.24) is 4.90 Å². The second-order valence-electron chi connectivity index (χ2n) is 5.60. The van der Waals surface area contributed by atoms with Crippen LogP contribution in [0.4, 0.5) is 14.9 Å². The zero-order chi connectivity index (χ0) is 17.5. The Kier molecular flexibility index (Phi) is 6.36. The van der Waals surface area contributed by atoms with E-state index in [-0.39, 0.29) is 30.9 Å². The zero-order valence-corrected chi connectivity index (χ0v) is 13.6. The van der Waals surface area contributed by atoms with E-state index in [1.54, 1.807) is 6.07 Å². The fraction of sp³-hybridized carbons (Fsp3) is 0.500.